The summed E-state index contributed by atoms with van der Waals surface area (Å²) in [6.45, 7) is 7.66. The molecule has 0 aliphatic carbocycles. The van der Waals surface area contributed by atoms with Crippen molar-refractivity contribution < 1.29 is 0 Å². The summed E-state index contributed by atoms with van der Waals surface area (Å²) < 4.78 is 0. The Labute approximate surface area is 114 Å². The Morgan fingerprint density at radius 2 is 2.06 bits per heavy atom. The Morgan fingerprint density at radius 3 is 2.67 bits per heavy atom. The molecule has 98 valence electrons. The van der Waals surface area contributed by atoms with Crippen molar-refractivity contribution in [3.05, 3.63) is 23.9 Å². The van der Waals surface area contributed by atoms with Gasteiger partial charge in [0, 0.05) is 26.2 Å². The highest BCUT2D eigenvalue weighted by atomic mass is 32.1. The van der Waals surface area contributed by atoms with Crippen LogP contribution in [0.3, 0.4) is 0 Å². The van der Waals surface area contributed by atoms with E-state index in [1.807, 2.05) is 18.2 Å². The predicted octanol–water partition coefficient (Wildman–Crippen LogP) is 1.25. The van der Waals surface area contributed by atoms with Crippen LogP contribution in [-0.2, 0) is 0 Å². The van der Waals surface area contributed by atoms with Crippen molar-refractivity contribution in [2.75, 3.05) is 37.6 Å². The van der Waals surface area contributed by atoms with Gasteiger partial charge in [-0.15, -0.1) is 0 Å². The minimum absolute atomic E-state index is 0.362. The van der Waals surface area contributed by atoms with Crippen LogP contribution in [0.25, 0.3) is 0 Å². The van der Waals surface area contributed by atoms with Gasteiger partial charge in [-0.3, -0.25) is 4.90 Å². The molecule has 0 amide bonds. The molecule has 4 nitrogen and oxygen atoms in total. The predicted molar refractivity (Wildman–Crippen MR) is 79.1 cm³/mol. The van der Waals surface area contributed by atoms with Crippen LogP contribution in [0.4, 0.5) is 5.82 Å². The summed E-state index contributed by atoms with van der Waals surface area (Å²) in [7, 11) is 0. The van der Waals surface area contributed by atoms with Crippen molar-refractivity contribution in [3.8, 4) is 0 Å². The third-order valence-corrected chi connectivity index (χ3v) is 3.43. The van der Waals surface area contributed by atoms with E-state index in [0.29, 0.717) is 10.7 Å². The van der Waals surface area contributed by atoms with Gasteiger partial charge in [0.25, 0.3) is 0 Å². The lowest BCUT2D eigenvalue weighted by Crippen LogP contribution is -2.46. The SMILES string of the molecule is CCCN1CCN(c2cccc(C(N)=S)n2)CC1. The molecule has 2 N–H and O–H groups in total. The molecule has 0 atom stereocenters. The van der Waals surface area contributed by atoms with Crippen LogP contribution in [-0.4, -0.2) is 47.6 Å². The van der Waals surface area contributed by atoms with Crippen LogP contribution in [0.5, 0.6) is 0 Å². The zero-order valence-corrected chi connectivity index (χ0v) is 11.6. The molecule has 1 aliphatic rings. The maximum Gasteiger partial charge on any atom is 0.129 e. The average molecular weight is 264 g/mol. The van der Waals surface area contributed by atoms with Gasteiger partial charge < -0.3 is 10.6 Å². The smallest absolute Gasteiger partial charge is 0.129 e. The first kappa shape index (κ1) is 13.2. The maximum absolute atomic E-state index is 5.62. The fourth-order valence-corrected chi connectivity index (χ4v) is 2.37. The number of thiocarbonyl (C=S) groups is 1. The van der Waals surface area contributed by atoms with Gasteiger partial charge in [0.2, 0.25) is 0 Å². The number of piperazine rings is 1. The molecule has 0 unspecified atom stereocenters. The molecule has 1 aliphatic heterocycles. The lowest BCUT2D eigenvalue weighted by molar-refractivity contribution is 0.258. The van der Waals surface area contributed by atoms with E-state index in [9.17, 15) is 0 Å². The Morgan fingerprint density at radius 1 is 1.33 bits per heavy atom. The Balaban J connectivity index is 2.01. The molecule has 0 bridgehead atoms. The quantitative estimate of drug-likeness (QED) is 0.829. The number of nitrogens with zero attached hydrogens (tertiary/aromatic N) is 3. The van der Waals surface area contributed by atoms with E-state index in [0.717, 1.165) is 32.0 Å². The number of hydrogen-bond donors (Lipinski definition) is 1. The molecular weight excluding hydrogens is 244 g/mol. The summed E-state index contributed by atoms with van der Waals surface area (Å²) in [5.41, 5.74) is 6.32. The summed E-state index contributed by atoms with van der Waals surface area (Å²) in [5, 5.41) is 0. The fourth-order valence-electron chi connectivity index (χ4n) is 2.25. The van der Waals surface area contributed by atoms with Crippen LogP contribution in [0, 0.1) is 0 Å². The van der Waals surface area contributed by atoms with Gasteiger partial charge in [0.1, 0.15) is 10.8 Å². The van der Waals surface area contributed by atoms with Crippen molar-refractivity contribution in [2.24, 2.45) is 5.73 Å². The van der Waals surface area contributed by atoms with Crippen LogP contribution in [0.1, 0.15) is 19.0 Å². The first-order valence-corrected chi connectivity index (χ1v) is 6.85. The van der Waals surface area contributed by atoms with E-state index in [2.05, 4.69) is 21.7 Å². The van der Waals surface area contributed by atoms with Gasteiger partial charge >= 0.3 is 0 Å². The molecule has 1 fully saturated rings. The van der Waals surface area contributed by atoms with E-state index >= 15 is 0 Å². The average Bonchev–Trinajstić information content (AvgIpc) is 2.40. The third-order valence-electron chi connectivity index (χ3n) is 3.22. The largest absolute Gasteiger partial charge is 0.388 e. The monoisotopic (exact) mass is 264 g/mol. The lowest BCUT2D eigenvalue weighted by Gasteiger charge is -2.35. The number of rotatable bonds is 4. The highest BCUT2D eigenvalue weighted by Crippen LogP contribution is 2.14. The molecule has 2 rings (SSSR count). The van der Waals surface area contributed by atoms with Crippen molar-refractivity contribution in [3.63, 3.8) is 0 Å². The Hall–Kier alpha value is -1.20. The zero-order valence-electron chi connectivity index (χ0n) is 10.8. The first-order valence-electron chi connectivity index (χ1n) is 6.45. The topological polar surface area (TPSA) is 45.4 Å². The molecule has 1 saturated heterocycles. The van der Waals surface area contributed by atoms with Gasteiger partial charge in [-0.25, -0.2) is 4.98 Å². The first-order chi connectivity index (χ1) is 8.70. The number of pyridine rings is 1. The van der Waals surface area contributed by atoms with Crippen LogP contribution in [0.15, 0.2) is 18.2 Å². The zero-order chi connectivity index (χ0) is 13.0. The Kier molecular flexibility index (Phi) is 4.49. The van der Waals surface area contributed by atoms with Crippen molar-refractivity contribution in [2.45, 2.75) is 13.3 Å². The van der Waals surface area contributed by atoms with Crippen LogP contribution < -0.4 is 10.6 Å². The lowest BCUT2D eigenvalue weighted by atomic mass is 10.2. The van der Waals surface area contributed by atoms with Gasteiger partial charge in [0.15, 0.2) is 0 Å². The molecule has 0 radical (unpaired) electrons. The highest BCUT2D eigenvalue weighted by Gasteiger charge is 2.17. The number of nitrogens with two attached hydrogens (primary N) is 1. The number of anilines is 1. The van der Waals surface area contributed by atoms with E-state index in [1.165, 1.54) is 13.0 Å². The molecular formula is C13H20N4S. The second-order valence-electron chi connectivity index (χ2n) is 4.57. The minimum atomic E-state index is 0.362. The summed E-state index contributed by atoms with van der Waals surface area (Å²) in [6, 6.07) is 5.85. The normalized spacial score (nSPS) is 16.8. The minimum Gasteiger partial charge on any atom is -0.388 e. The van der Waals surface area contributed by atoms with E-state index in [4.69, 9.17) is 18.0 Å². The van der Waals surface area contributed by atoms with Crippen molar-refractivity contribution in [1.82, 2.24) is 9.88 Å². The number of aromatic nitrogens is 1. The van der Waals surface area contributed by atoms with Gasteiger partial charge in [0.05, 0.1) is 5.69 Å². The summed E-state index contributed by atoms with van der Waals surface area (Å²) >= 11 is 4.96. The van der Waals surface area contributed by atoms with E-state index in [1.54, 1.807) is 0 Å². The maximum atomic E-state index is 5.62. The standard InChI is InChI=1S/C13H20N4S/c1-2-6-16-7-9-17(10-8-16)12-5-3-4-11(15-12)13(14)18/h3-5H,2,6-10H2,1H3,(H2,14,18). The highest BCUT2D eigenvalue weighted by molar-refractivity contribution is 7.80. The fraction of sp³-hybridized carbons (Fsp3) is 0.538. The molecule has 18 heavy (non-hydrogen) atoms. The molecule has 5 heteroatoms. The molecule has 0 saturated carbocycles. The van der Waals surface area contributed by atoms with Gasteiger partial charge in [-0.2, -0.15) is 0 Å². The molecule has 1 aromatic heterocycles. The van der Waals surface area contributed by atoms with Crippen LogP contribution in [0.2, 0.25) is 0 Å². The number of hydrogen-bond acceptors (Lipinski definition) is 4. The second kappa shape index (κ2) is 6.11. The summed E-state index contributed by atoms with van der Waals surface area (Å²) in [6.07, 6.45) is 1.22. The third kappa shape index (κ3) is 3.17. The summed E-state index contributed by atoms with van der Waals surface area (Å²) in [5.74, 6) is 0.983. The van der Waals surface area contributed by atoms with Gasteiger partial charge in [-0.05, 0) is 25.1 Å². The molecule has 1 aromatic rings. The molecule has 2 heterocycles. The molecule has 0 aromatic carbocycles. The van der Waals surface area contributed by atoms with Crippen LogP contribution >= 0.6 is 12.2 Å². The van der Waals surface area contributed by atoms with Crippen molar-refractivity contribution >= 4 is 23.0 Å². The summed E-state index contributed by atoms with van der Waals surface area (Å²) in [4.78, 5) is 9.66. The van der Waals surface area contributed by atoms with Crippen molar-refractivity contribution in [1.29, 1.82) is 0 Å². The second-order valence-corrected chi connectivity index (χ2v) is 5.01. The van der Waals surface area contributed by atoms with E-state index in [-0.39, 0.29) is 0 Å². The van der Waals surface area contributed by atoms with Gasteiger partial charge in [-0.1, -0.05) is 25.2 Å². The molecule has 0 spiro atoms. The van der Waals surface area contributed by atoms with E-state index < -0.39 is 0 Å². The Bertz CT molecular complexity index is 413.